The molecule has 0 saturated carbocycles. The van der Waals surface area contributed by atoms with Crippen LogP contribution in [0.25, 0.3) is 10.2 Å². The van der Waals surface area contributed by atoms with Crippen molar-refractivity contribution in [2.24, 2.45) is 0 Å². The predicted octanol–water partition coefficient (Wildman–Crippen LogP) is 4.93. The van der Waals surface area contributed by atoms with Crippen LogP contribution < -0.4 is 39.2 Å². The van der Waals surface area contributed by atoms with E-state index in [0.717, 1.165) is 30.7 Å². The normalized spacial score (nSPS) is 20.2. The number of hydrogen-bond donors (Lipinski definition) is 3. The lowest BCUT2D eigenvalue weighted by molar-refractivity contribution is -0.287. The maximum Gasteiger partial charge on any atom is 0.586 e. The van der Waals surface area contributed by atoms with Gasteiger partial charge in [0.2, 0.25) is 0 Å². The van der Waals surface area contributed by atoms with E-state index in [1.807, 2.05) is 0 Å². The Balaban J connectivity index is 0.000000761. The number of methoxy groups -OCH3 is 1. The molecule has 270 valence electrons. The summed E-state index contributed by atoms with van der Waals surface area (Å²) in [4.78, 5) is 34.3. The van der Waals surface area contributed by atoms with E-state index in [2.05, 4.69) is 34.5 Å². The van der Waals surface area contributed by atoms with Crippen molar-refractivity contribution in [3.05, 3.63) is 53.6 Å². The van der Waals surface area contributed by atoms with Crippen molar-refractivity contribution in [1.29, 1.82) is 0 Å². The highest BCUT2D eigenvalue weighted by Gasteiger charge is 2.46. The molecule has 21 heteroatoms. The van der Waals surface area contributed by atoms with Gasteiger partial charge in [-0.3, -0.25) is 14.1 Å². The molecule has 4 aromatic rings. The van der Waals surface area contributed by atoms with E-state index in [9.17, 15) is 35.6 Å². The number of nitrogens with one attached hydrogen (secondary N) is 2. The number of morpholine rings is 1. The summed E-state index contributed by atoms with van der Waals surface area (Å²) in [6.07, 6.45) is -6.20. The van der Waals surface area contributed by atoms with Crippen molar-refractivity contribution in [1.82, 2.24) is 4.98 Å². The molecule has 1 aromatic heterocycles. The Morgan fingerprint density at radius 3 is 2.16 bits per heavy atom. The Morgan fingerprint density at radius 1 is 0.922 bits per heavy atom. The molecule has 0 radical (unpaired) electrons. The van der Waals surface area contributed by atoms with E-state index < -0.39 is 46.0 Å². The topological polar surface area (TPSA) is 184 Å². The third kappa shape index (κ3) is 6.96. The standard InChI is InChI=1S/C29H20F4N4O8S.CH4O3S/c1-40-19-5-3-16-24(46-27(36-16)37-13-7-14(37)11-41-10-13)23(19)26(39)35-17-9-22-21(44-29(32,33)45-22)8-15(17)25(38)34-12-2-4-18-20(6-12)43-28(30,31)42-18;1-5(2,3)4/h2-6,8-9,13-14H,7,10-11H2,1H3,(H,34,38)(H,35,39);1H3,(H,2,3,4). The first-order chi connectivity index (χ1) is 24.0. The van der Waals surface area contributed by atoms with Gasteiger partial charge in [-0.25, -0.2) is 4.98 Å². The number of rotatable bonds is 6. The second kappa shape index (κ2) is 12.3. The first kappa shape index (κ1) is 34.3. The average Bonchev–Trinajstić information content (AvgIpc) is 3.68. The van der Waals surface area contributed by atoms with Gasteiger partial charge in [0.1, 0.15) is 11.3 Å². The number of benzene rings is 3. The van der Waals surface area contributed by atoms with Crippen molar-refractivity contribution in [3.63, 3.8) is 0 Å². The zero-order chi connectivity index (χ0) is 36.5. The van der Waals surface area contributed by atoms with Gasteiger partial charge in [-0.1, -0.05) is 11.3 Å². The number of nitrogens with zero attached hydrogens (tertiary/aromatic N) is 2. The van der Waals surface area contributed by atoms with Crippen molar-refractivity contribution >= 4 is 60.0 Å². The summed E-state index contributed by atoms with van der Waals surface area (Å²) in [6.45, 7) is 1.16. The highest BCUT2D eigenvalue weighted by atomic mass is 32.2. The molecule has 15 nitrogen and oxygen atoms in total. The summed E-state index contributed by atoms with van der Waals surface area (Å²) in [5.41, 5.74) is 0.134. The van der Waals surface area contributed by atoms with Gasteiger partial charge >= 0.3 is 12.6 Å². The number of thiazole rings is 1. The summed E-state index contributed by atoms with van der Waals surface area (Å²) >= 11 is 1.29. The van der Waals surface area contributed by atoms with Gasteiger partial charge in [-0.15, -0.1) is 17.6 Å². The summed E-state index contributed by atoms with van der Waals surface area (Å²) in [5.74, 6) is -2.90. The summed E-state index contributed by atoms with van der Waals surface area (Å²) in [7, 11) is -2.28. The fourth-order valence-corrected chi connectivity index (χ4v) is 7.05. The maximum absolute atomic E-state index is 14.0. The number of aromatic nitrogens is 1. The highest BCUT2D eigenvalue weighted by molar-refractivity contribution is 7.85. The molecular formula is C30H24F4N4O11S2. The van der Waals surface area contributed by atoms with Crippen LogP contribution in [0.1, 0.15) is 27.1 Å². The Hall–Kier alpha value is -5.12. The number of hydrogen-bond acceptors (Lipinski definition) is 13. The lowest BCUT2D eigenvalue weighted by Gasteiger charge is -2.52. The fourth-order valence-electron chi connectivity index (χ4n) is 5.81. The van der Waals surface area contributed by atoms with Crippen LogP contribution in [0.5, 0.6) is 28.7 Å². The van der Waals surface area contributed by atoms with Gasteiger partial charge in [-0.05, 0) is 36.8 Å². The largest absolute Gasteiger partial charge is 0.586 e. The third-order valence-corrected chi connectivity index (χ3v) is 8.92. The van der Waals surface area contributed by atoms with Crippen LogP contribution >= 0.6 is 11.3 Å². The fraction of sp³-hybridized carbons (Fsp3) is 0.300. The third-order valence-electron chi connectivity index (χ3n) is 7.82. The number of fused-ring (bicyclic) bond motifs is 5. The van der Waals surface area contributed by atoms with E-state index in [1.165, 1.54) is 24.5 Å². The molecule has 0 spiro atoms. The number of ether oxygens (including phenoxy) is 6. The molecule has 8 rings (SSSR count). The van der Waals surface area contributed by atoms with Crippen molar-refractivity contribution < 1.29 is 68.5 Å². The summed E-state index contributed by atoms with van der Waals surface area (Å²) < 4.78 is 110. The van der Waals surface area contributed by atoms with Gasteiger partial charge in [-0.2, -0.15) is 8.42 Å². The lowest BCUT2D eigenvalue weighted by Crippen LogP contribution is -2.64. The van der Waals surface area contributed by atoms with Crippen LogP contribution in [-0.2, 0) is 14.9 Å². The Bertz CT molecular complexity index is 2180. The molecule has 2 amide bonds. The van der Waals surface area contributed by atoms with Gasteiger partial charge in [0.15, 0.2) is 28.1 Å². The van der Waals surface area contributed by atoms with Gasteiger partial charge in [0.05, 0.1) is 60.1 Å². The summed E-state index contributed by atoms with van der Waals surface area (Å²) in [6, 6.07) is 9.19. The second-order valence-corrected chi connectivity index (χ2v) is 13.9. The number of alkyl halides is 4. The highest BCUT2D eigenvalue weighted by Crippen LogP contribution is 2.46. The van der Waals surface area contributed by atoms with Gasteiger partial charge in [0, 0.05) is 17.8 Å². The molecule has 0 aliphatic carbocycles. The molecule has 2 saturated heterocycles. The van der Waals surface area contributed by atoms with E-state index in [-0.39, 0.29) is 51.8 Å². The Kier molecular flexibility index (Phi) is 8.27. The number of halogens is 4. The van der Waals surface area contributed by atoms with Crippen molar-refractivity contribution in [2.45, 2.75) is 31.1 Å². The zero-order valence-corrected chi connectivity index (χ0v) is 27.7. The van der Waals surface area contributed by atoms with Crippen molar-refractivity contribution in [3.8, 4) is 28.7 Å². The number of carbonyl (C=O) groups is 2. The quantitative estimate of drug-likeness (QED) is 0.178. The molecule has 2 bridgehead atoms. The first-order valence-corrected chi connectivity index (χ1v) is 17.4. The molecule has 3 aromatic carbocycles. The number of carbonyl (C=O) groups excluding carboxylic acids is 2. The van der Waals surface area contributed by atoms with E-state index in [4.69, 9.17) is 19.0 Å². The van der Waals surface area contributed by atoms with Crippen LogP contribution in [-0.4, -0.2) is 81.0 Å². The minimum atomic E-state index is -4.02. The number of anilines is 3. The Morgan fingerprint density at radius 2 is 1.53 bits per heavy atom. The second-order valence-electron chi connectivity index (χ2n) is 11.5. The maximum atomic E-state index is 14.0. The number of amides is 2. The molecule has 2 unspecified atom stereocenters. The molecule has 5 heterocycles. The lowest BCUT2D eigenvalue weighted by atomic mass is 9.92. The molecule has 2 atom stereocenters. The monoisotopic (exact) mass is 756 g/mol. The minimum absolute atomic E-state index is 0.00936. The minimum Gasteiger partial charge on any atom is -0.496 e. The van der Waals surface area contributed by atoms with Crippen LogP contribution in [0.15, 0.2) is 42.5 Å². The average molecular weight is 757 g/mol. The predicted molar refractivity (Wildman–Crippen MR) is 170 cm³/mol. The molecule has 4 aliphatic heterocycles. The van der Waals surface area contributed by atoms with Crippen LogP contribution in [0.3, 0.4) is 0 Å². The SMILES string of the molecule is COc1ccc2nc(N3C4COCC3C4)sc2c1C(=O)Nc1cc2c(cc1C(=O)Nc1ccc3c(c1)OC(F)(F)O3)OC(F)(F)O2.CS(=O)(=O)O. The molecule has 4 aliphatic rings. The van der Waals surface area contributed by atoms with Gasteiger partial charge in [0.25, 0.3) is 21.9 Å². The van der Waals surface area contributed by atoms with Crippen LogP contribution in [0.4, 0.5) is 34.1 Å². The van der Waals surface area contributed by atoms with Crippen LogP contribution in [0, 0.1) is 0 Å². The smallest absolute Gasteiger partial charge is 0.496 e. The zero-order valence-electron chi connectivity index (χ0n) is 26.1. The van der Waals surface area contributed by atoms with E-state index in [0.29, 0.717) is 34.8 Å². The van der Waals surface area contributed by atoms with Crippen molar-refractivity contribution in [2.75, 3.05) is 42.1 Å². The van der Waals surface area contributed by atoms with Crippen LogP contribution in [0.2, 0.25) is 0 Å². The summed E-state index contributed by atoms with van der Waals surface area (Å²) in [5, 5.41) is 5.81. The Labute approximate surface area is 288 Å². The molecule has 51 heavy (non-hydrogen) atoms. The molecular weight excluding hydrogens is 732 g/mol. The first-order valence-electron chi connectivity index (χ1n) is 14.7. The molecule has 3 N–H and O–H groups in total. The van der Waals surface area contributed by atoms with Gasteiger partial charge < -0.3 is 44.0 Å². The molecule has 2 fully saturated rings. The van der Waals surface area contributed by atoms with E-state index in [1.54, 1.807) is 12.1 Å². The van der Waals surface area contributed by atoms with E-state index >= 15 is 0 Å².